The standard InChI is InChI=1S/C28H33ClN4O4/c1-18-5-6-22(13-19(18)2)36-12-11-32-7-9-33(10-8-32)28-30-16-24(27(34)35)25(31-28)17-37-23-14-20(3)26(29)21(4)15-23/h5-6,13-16H,7-12,17H2,1-4H3,(H,34,35). The van der Waals surface area contributed by atoms with Crippen molar-refractivity contribution in [1.29, 1.82) is 0 Å². The van der Waals surface area contributed by atoms with E-state index in [4.69, 9.17) is 21.1 Å². The highest BCUT2D eigenvalue weighted by molar-refractivity contribution is 6.32. The van der Waals surface area contributed by atoms with Gasteiger partial charge in [-0.25, -0.2) is 14.8 Å². The highest BCUT2D eigenvalue weighted by Crippen LogP contribution is 2.27. The summed E-state index contributed by atoms with van der Waals surface area (Å²) in [6.45, 7) is 12.6. The highest BCUT2D eigenvalue weighted by atomic mass is 35.5. The predicted molar refractivity (Wildman–Crippen MR) is 144 cm³/mol. The number of carboxylic acids is 1. The van der Waals surface area contributed by atoms with E-state index in [1.807, 2.05) is 32.0 Å². The van der Waals surface area contributed by atoms with Gasteiger partial charge in [-0.1, -0.05) is 17.7 Å². The summed E-state index contributed by atoms with van der Waals surface area (Å²) in [5.74, 6) is 0.945. The average Bonchev–Trinajstić information content (AvgIpc) is 2.88. The molecular weight excluding hydrogens is 492 g/mol. The van der Waals surface area contributed by atoms with Gasteiger partial charge < -0.3 is 19.5 Å². The largest absolute Gasteiger partial charge is 0.492 e. The molecule has 1 N–H and O–H groups in total. The maximum atomic E-state index is 11.8. The van der Waals surface area contributed by atoms with E-state index >= 15 is 0 Å². The molecule has 2 aromatic carbocycles. The van der Waals surface area contributed by atoms with Gasteiger partial charge >= 0.3 is 5.97 Å². The fraction of sp³-hybridized carbons (Fsp3) is 0.393. The third-order valence-corrected chi connectivity index (χ3v) is 7.28. The molecule has 1 aliphatic heterocycles. The van der Waals surface area contributed by atoms with E-state index in [-0.39, 0.29) is 12.2 Å². The molecule has 0 saturated carbocycles. The van der Waals surface area contributed by atoms with Gasteiger partial charge in [0.25, 0.3) is 0 Å². The molecule has 0 atom stereocenters. The maximum absolute atomic E-state index is 11.8. The van der Waals surface area contributed by atoms with Crippen LogP contribution in [0.5, 0.6) is 11.5 Å². The normalized spacial score (nSPS) is 14.0. The molecule has 1 fully saturated rings. The average molecular weight is 525 g/mol. The first-order valence-corrected chi connectivity index (χ1v) is 12.7. The summed E-state index contributed by atoms with van der Waals surface area (Å²) in [6.07, 6.45) is 1.37. The number of piperazine rings is 1. The van der Waals surface area contributed by atoms with Gasteiger partial charge in [0, 0.05) is 43.9 Å². The van der Waals surface area contributed by atoms with E-state index in [2.05, 4.69) is 45.7 Å². The fourth-order valence-electron chi connectivity index (χ4n) is 4.26. The van der Waals surface area contributed by atoms with Crippen molar-refractivity contribution < 1.29 is 19.4 Å². The molecule has 9 heteroatoms. The summed E-state index contributed by atoms with van der Waals surface area (Å²) in [5, 5.41) is 10.3. The molecule has 8 nitrogen and oxygen atoms in total. The smallest absolute Gasteiger partial charge is 0.339 e. The molecule has 0 amide bonds. The van der Waals surface area contributed by atoms with E-state index < -0.39 is 5.97 Å². The van der Waals surface area contributed by atoms with Crippen LogP contribution in [-0.4, -0.2) is 65.3 Å². The van der Waals surface area contributed by atoms with Crippen LogP contribution in [-0.2, 0) is 6.61 Å². The second-order valence-electron chi connectivity index (χ2n) is 9.42. The number of anilines is 1. The number of aryl methyl sites for hydroxylation is 4. The Labute approximate surface area is 222 Å². The van der Waals surface area contributed by atoms with E-state index in [1.165, 1.54) is 17.3 Å². The minimum atomic E-state index is -1.08. The minimum absolute atomic E-state index is 0.0213. The number of halogens is 1. The Morgan fingerprint density at radius 1 is 0.946 bits per heavy atom. The number of hydrogen-bond donors (Lipinski definition) is 1. The zero-order valence-electron chi connectivity index (χ0n) is 21.8. The molecule has 2 heterocycles. The van der Waals surface area contributed by atoms with Crippen molar-refractivity contribution in [3.05, 3.63) is 75.1 Å². The number of rotatable bonds is 9. The molecule has 0 radical (unpaired) electrons. The number of benzene rings is 2. The molecule has 1 aromatic heterocycles. The fourth-order valence-corrected chi connectivity index (χ4v) is 4.37. The zero-order chi connectivity index (χ0) is 26.5. The molecule has 0 spiro atoms. The molecule has 4 rings (SSSR count). The Hall–Kier alpha value is -3.36. The van der Waals surface area contributed by atoms with Crippen molar-refractivity contribution in [2.24, 2.45) is 0 Å². The second-order valence-corrected chi connectivity index (χ2v) is 9.80. The summed E-state index contributed by atoms with van der Waals surface area (Å²) < 4.78 is 11.8. The lowest BCUT2D eigenvalue weighted by atomic mass is 10.1. The van der Waals surface area contributed by atoms with Crippen molar-refractivity contribution >= 4 is 23.5 Å². The number of carboxylic acid groups (broad SMARTS) is 1. The Bertz CT molecular complexity index is 1250. The maximum Gasteiger partial charge on any atom is 0.339 e. The Morgan fingerprint density at radius 2 is 1.62 bits per heavy atom. The molecule has 1 aliphatic rings. The lowest BCUT2D eigenvalue weighted by molar-refractivity contribution is 0.0692. The van der Waals surface area contributed by atoms with Crippen molar-refractivity contribution in [2.75, 3.05) is 44.2 Å². The predicted octanol–water partition coefficient (Wildman–Crippen LogP) is 4.84. The summed E-state index contributed by atoms with van der Waals surface area (Å²) in [5.41, 5.74) is 4.65. The summed E-state index contributed by atoms with van der Waals surface area (Å²) in [7, 11) is 0. The molecule has 1 saturated heterocycles. The van der Waals surface area contributed by atoms with Crippen molar-refractivity contribution in [3.63, 3.8) is 0 Å². The van der Waals surface area contributed by atoms with Gasteiger partial charge in [0.1, 0.15) is 30.3 Å². The van der Waals surface area contributed by atoms with Crippen molar-refractivity contribution in [1.82, 2.24) is 14.9 Å². The number of hydrogen-bond acceptors (Lipinski definition) is 7. The zero-order valence-corrected chi connectivity index (χ0v) is 22.5. The monoisotopic (exact) mass is 524 g/mol. The quantitative estimate of drug-likeness (QED) is 0.425. The van der Waals surface area contributed by atoms with Gasteiger partial charge in [0.15, 0.2) is 0 Å². The lowest BCUT2D eigenvalue weighted by Gasteiger charge is -2.34. The molecule has 37 heavy (non-hydrogen) atoms. The van der Waals surface area contributed by atoms with E-state index in [0.717, 1.165) is 49.6 Å². The van der Waals surface area contributed by atoms with Crippen LogP contribution in [0, 0.1) is 27.7 Å². The summed E-state index contributed by atoms with van der Waals surface area (Å²) >= 11 is 6.25. The van der Waals surface area contributed by atoms with Gasteiger partial charge in [-0.15, -0.1) is 0 Å². The van der Waals surface area contributed by atoms with Crippen molar-refractivity contribution in [2.45, 2.75) is 34.3 Å². The van der Waals surface area contributed by atoms with Crippen LogP contribution in [0.15, 0.2) is 36.5 Å². The Kier molecular flexibility index (Phi) is 8.51. The van der Waals surface area contributed by atoms with Crippen LogP contribution in [0.3, 0.4) is 0 Å². The first-order chi connectivity index (χ1) is 17.7. The van der Waals surface area contributed by atoms with Gasteiger partial charge in [-0.3, -0.25) is 4.90 Å². The molecule has 196 valence electrons. The van der Waals surface area contributed by atoms with Crippen molar-refractivity contribution in [3.8, 4) is 11.5 Å². The number of aromatic nitrogens is 2. The SMILES string of the molecule is Cc1ccc(OCCN2CCN(c3ncc(C(=O)O)c(COc4cc(C)c(Cl)c(C)c4)n3)CC2)cc1C. The first kappa shape index (κ1) is 26.7. The van der Waals surface area contributed by atoms with Crippen LogP contribution in [0.4, 0.5) is 5.95 Å². The van der Waals surface area contributed by atoms with Crippen LogP contribution in [0.2, 0.25) is 5.02 Å². The first-order valence-electron chi connectivity index (χ1n) is 12.4. The van der Waals surface area contributed by atoms with Gasteiger partial charge in [0.2, 0.25) is 5.95 Å². The second kappa shape index (κ2) is 11.8. The Balaban J connectivity index is 1.34. The van der Waals surface area contributed by atoms with Crippen LogP contribution in [0.25, 0.3) is 0 Å². The lowest BCUT2D eigenvalue weighted by Crippen LogP contribution is -2.48. The van der Waals surface area contributed by atoms with E-state index in [9.17, 15) is 9.90 Å². The molecular formula is C28H33ClN4O4. The van der Waals surface area contributed by atoms with Crippen LogP contribution >= 0.6 is 11.6 Å². The number of nitrogens with zero attached hydrogens (tertiary/aromatic N) is 4. The third-order valence-electron chi connectivity index (χ3n) is 6.68. The summed E-state index contributed by atoms with van der Waals surface area (Å²) in [6, 6.07) is 9.83. The molecule has 0 unspecified atom stereocenters. The van der Waals surface area contributed by atoms with E-state index in [0.29, 0.717) is 29.0 Å². The van der Waals surface area contributed by atoms with E-state index in [1.54, 1.807) is 0 Å². The number of carbonyl (C=O) groups is 1. The Morgan fingerprint density at radius 3 is 2.27 bits per heavy atom. The number of aromatic carboxylic acids is 1. The molecule has 0 aliphatic carbocycles. The van der Waals surface area contributed by atoms with Gasteiger partial charge in [-0.05, 0) is 74.2 Å². The topological polar surface area (TPSA) is 88.0 Å². The third kappa shape index (κ3) is 6.70. The summed E-state index contributed by atoms with van der Waals surface area (Å²) in [4.78, 5) is 25.1. The molecule has 3 aromatic rings. The number of ether oxygens (including phenoxy) is 2. The van der Waals surface area contributed by atoms with Crippen LogP contribution < -0.4 is 14.4 Å². The van der Waals surface area contributed by atoms with Crippen LogP contribution in [0.1, 0.15) is 38.3 Å². The van der Waals surface area contributed by atoms with Gasteiger partial charge in [0.05, 0.1) is 5.69 Å². The minimum Gasteiger partial charge on any atom is -0.492 e. The van der Waals surface area contributed by atoms with Gasteiger partial charge in [-0.2, -0.15) is 0 Å². The highest BCUT2D eigenvalue weighted by Gasteiger charge is 2.22. The molecule has 0 bridgehead atoms.